The van der Waals surface area contributed by atoms with Crippen LogP contribution in [0.3, 0.4) is 0 Å². The van der Waals surface area contributed by atoms with Gasteiger partial charge < -0.3 is 10.1 Å². The number of H-pyrrole nitrogens is 1. The number of thiophene rings is 1. The molecule has 3 aromatic rings. The number of nitrogens with one attached hydrogen (secondary N) is 2. The van der Waals surface area contributed by atoms with Crippen LogP contribution in [0.15, 0.2) is 36.4 Å². The zero-order valence-electron chi connectivity index (χ0n) is 13.1. The summed E-state index contributed by atoms with van der Waals surface area (Å²) in [6.45, 7) is 3.89. The van der Waals surface area contributed by atoms with E-state index in [9.17, 15) is 4.79 Å². The van der Waals surface area contributed by atoms with E-state index in [1.807, 2.05) is 50.2 Å². The second-order valence-electron chi connectivity index (χ2n) is 5.14. The number of anilines is 1. The van der Waals surface area contributed by atoms with E-state index in [-0.39, 0.29) is 5.91 Å². The molecule has 118 valence electrons. The van der Waals surface area contributed by atoms with Crippen molar-refractivity contribution in [1.29, 1.82) is 0 Å². The Hall–Kier alpha value is -2.60. The number of nitrogens with zero attached hydrogens (tertiary/aromatic N) is 1. The summed E-state index contributed by atoms with van der Waals surface area (Å²) in [4.78, 5) is 14.1. The van der Waals surface area contributed by atoms with Crippen molar-refractivity contribution in [2.24, 2.45) is 0 Å². The normalized spacial score (nSPS) is 10.6. The van der Waals surface area contributed by atoms with Gasteiger partial charge in [-0.1, -0.05) is 18.2 Å². The first-order valence-electron chi connectivity index (χ1n) is 7.16. The third-order valence-corrected chi connectivity index (χ3v) is 4.52. The van der Waals surface area contributed by atoms with E-state index >= 15 is 0 Å². The van der Waals surface area contributed by atoms with Crippen LogP contribution in [0.5, 0.6) is 5.75 Å². The SMILES string of the molecule is COc1ccccc1-c1c(NC(=O)c2ccc(C)s2)n[nH]c1C. The largest absolute Gasteiger partial charge is 0.496 e. The van der Waals surface area contributed by atoms with Crippen molar-refractivity contribution in [3.8, 4) is 16.9 Å². The van der Waals surface area contributed by atoms with Crippen molar-refractivity contribution in [2.75, 3.05) is 12.4 Å². The third kappa shape index (κ3) is 2.98. The summed E-state index contributed by atoms with van der Waals surface area (Å²) in [6.07, 6.45) is 0. The van der Waals surface area contributed by atoms with Gasteiger partial charge in [-0.2, -0.15) is 5.10 Å². The number of ether oxygens (including phenoxy) is 1. The fourth-order valence-electron chi connectivity index (χ4n) is 2.43. The summed E-state index contributed by atoms with van der Waals surface area (Å²) >= 11 is 1.46. The van der Waals surface area contributed by atoms with Gasteiger partial charge in [0.2, 0.25) is 0 Å². The summed E-state index contributed by atoms with van der Waals surface area (Å²) in [7, 11) is 1.63. The number of aromatic nitrogens is 2. The highest BCUT2D eigenvalue weighted by molar-refractivity contribution is 7.14. The molecule has 0 aliphatic heterocycles. The van der Waals surface area contributed by atoms with E-state index in [1.165, 1.54) is 11.3 Å². The van der Waals surface area contributed by atoms with Gasteiger partial charge >= 0.3 is 0 Å². The van der Waals surface area contributed by atoms with Crippen LogP contribution < -0.4 is 10.1 Å². The molecule has 0 fully saturated rings. The first kappa shape index (κ1) is 15.3. The number of hydrogen-bond donors (Lipinski definition) is 2. The predicted molar refractivity (Wildman–Crippen MR) is 92.3 cm³/mol. The van der Waals surface area contributed by atoms with Crippen LogP contribution in [0, 0.1) is 13.8 Å². The highest BCUT2D eigenvalue weighted by Gasteiger charge is 2.19. The molecule has 5 nitrogen and oxygen atoms in total. The van der Waals surface area contributed by atoms with Gasteiger partial charge in [0.1, 0.15) is 5.75 Å². The fourth-order valence-corrected chi connectivity index (χ4v) is 3.19. The lowest BCUT2D eigenvalue weighted by Gasteiger charge is -2.10. The predicted octanol–water partition coefficient (Wildman–Crippen LogP) is 4.02. The van der Waals surface area contributed by atoms with Crippen molar-refractivity contribution in [1.82, 2.24) is 10.2 Å². The first-order chi connectivity index (χ1) is 11.1. The standard InChI is InChI=1S/C17H17N3O2S/c1-10-8-9-14(23-10)17(21)18-16-15(11(2)19-20-16)12-6-4-5-7-13(12)22-3/h4-9H,1-3H3,(H2,18,19,20,21). The molecule has 1 amide bonds. The van der Waals surface area contributed by atoms with Gasteiger partial charge in [-0.15, -0.1) is 11.3 Å². The Balaban J connectivity index is 1.97. The number of para-hydroxylation sites is 1. The van der Waals surface area contributed by atoms with Gasteiger partial charge in [0.05, 0.1) is 17.6 Å². The first-order valence-corrected chi connectivity index (χ1v) is 7.98. The maximum absolute atomic E-state index is 12.4. The Morgan fingerprint density at radius 2 is 2.00 bits per heavy atom. The lowest BCUT2D eigenvalue weighted by Crippen LogP contribution is -2.11. The van der Waals surface area contributed by atoms with Crippen molar-refractivity contribution in [2.45, 2.75) is 13.8 Å². The third-order valence-electron chi connectivity index (χ3n) is 3.52. The summed E-state index contributed by atoms with van der Waals surface area (Å²) in [6, 6.07) is 11.4. The molecule has 0 saturated heterocycles. The molecular weight excluding hydrogens is 310 g/mol. The Bertz CT molecular complexity index is 851. The van der Waals surface area contributed by atoms with E-state index in [0.717, 1.165) is 27.4 Å². The van der Waals surface area contributed by atoms with Crippen LogP contribution in [-0.2, 0) is 0 Å². The minimum absolute atomic E-state index is 0.161. The van der Waals surface area contributed by atoms with Gasteiger partial charge in [0.15, 0.2) is 5.82 Å². The second-order valence-corrected chi connectivity index (χ2v) is 6.42. The molecule has 0 aliphatic carbocycles. The van der Waals surface area contributed by atoms with E-state index in [0.29, 0.717) is 10.7 Å². The van der Waals surface area contributed by atoms with Crippen LogP contribution in [0.2, 0.25) is 0 Å². The lowest BCUT2D eigenvalue weighted by molar-refractivity contribution is 0.103. The number of aromatic amines is 1. The van der Waals surface area contributed by atoms with Crippen LogP contribution >= 0.6 is 11.3 Å². The highest BCUT2D eigenvalue weighted by atomic mass is 32.1. The van der Waals surface area contributed by atoms with Gasteiger partial charge in [0, 0.05) is 16.1 Å². The molecule has 0 bridgehead atoms. The second kappa shape index (κ2) is 6.26. The van der Waals surface area contributed by atoms with E-state index in [4.69, 9.17) is 4.74 Å². The molecule has 6 heteroatoms. The number of methoxy groups -OCH3 is 1. The molecule has 0 saturated carbocycles. The fraction of sp³-hybridized carbons (Fsp3) is 0.176. The molecule has 0 unspecified atom stereocenters. The monoisotopic (exact) mass is 327 g/mol. The van der Waals surface area contributed by atoms with Crippen LogP contribution in [0.25, 0.3) is 11.1 Å². The molecule has 2 heterocycles. The van der Waals surface area contributed by atoms with Crippen molar-refractivity contribution in [3.63, 3.8) is 0 Å². The quantitative estimate of drug-likeness (QED) is 0.760. The number of carbonyl (C=O) groups is 1. The number of benzene rings is 1. The molecule has 2 aromatic heterocycles. The molecule has 0 aliphatic rings. The van der Waals surface area contributed by atoms with Crippen molar-refractivity contribution in [3.05, 3.63) is 51.8 Å². The smallest absolute Gasteiger partial charge is 0.266 e. The number of hydrogen-bond acceptors (Lipinski definition) is 4. The van der Waals surface area contributed by atoms with Crippen LogP contribution in [-0.4, -0.2) is 23.2 Å². The minimum atomic E-state index is -0.161. The van der Waals surface area contributed by atoms with Gasteiger partial charge in [-0.25, -0.2) is 0 Å². The summed E-state index contributed by atoms with van der Waals surface area (Å²) in [5, 5.41) is 10.0. The zero-order chi connectivity index (χ0) is 16.4. The topological polar surface area (TPSA) is 67.0 Å². The molecule has 0 atom stereocenters. The molecule has 1 aromatic carbocycles. The Kier molecular flexibility index (Phi) is 4.16. The van der Waals surface area contributed by atoms with Crippen LogP contribution in [0.4, 0.5) is 5.82 Å². The van der Waals surface area contributed by atoms with Crippen molar-refractivity contribution >= 4 is 23.1 Å². The molecule has 3 rings (SSSR count). The van der Waals surface area contributed by atoms with Crippen LogP contribution in [0.1, 0.15) is 20.2 Å². The molecular formula is C17H17N3O2S. The zero-order valence-corrected chi connectivity index (χ0v) is 14.0. The maximum Gasteiger partial charge on any atom is 0.266 e. The maximum atomic E-state index is 12.4. The number of amides is 1. The summed E-state index contributed by atoms with van der Waals surface area (Å²) in [5.74, 6) is 1.08. The van der Waals surface area contributed by atoms with Gasteiger partial charge in [-0.05, 0) is 32.0 Å². The van der Waals surface area contributed by atoms with Crippen molar-refractivity contribution < 1.29 is 9.53 Å². The number of aryl methyl sites for hydroxylation is 2. The summed E-state index contributed by atoms with van der Waals surface area (Å²) < 4.78 is 5.42. The van der Waals surface area contributed by atoms with Gasteiger partial charge in [-0.3, -0.25) is 9.89 Å². The average molecular weight is 327 g/mol. The Morgan fingerprint density at radius 1 is 1.22 bits per heavy atom. The Morgan fingerprint density at radius 3 is 2.70 bits per heavy atom. The Labute approximate surface area is 138 Å². The number of rotatable bonds is 4. The number of carbonyl (C=O) groups excluding carboxylic acids is 1. The van der Waals surface area contributed by atoms with E-state index in [1.54, 1.807) is 7.11 Å². The molecule has 23 heavy (non-hydrogen) atoms. The van der Waals surface area contributed by atoms with E-state index in [2.05, 4.69) is 15.5 Å². The molecule has 0 radical (unpaired) electrons. The minimum Gasteiger partial charge on any atom is -0.496 e. The lowest BCUT2D eigenvalue weighted by atomic mass is 10.0. The van der Waals surface area contributed by atoms with E-state index < -0.39 is 0 Å². The summed E-state index contributed by atoms with van der Waals surface area (Å²) in [5.41, 5.74) is 2.59. The highest BCUT2D eigenvalue weighted by Crippen LogP contribution is 2.36. The average Bonchev–Trinajstić information content (AvgIpc) is 3.13. The molecule has 2 N–H and O–H groups in total. The molecule has 0 spiro atoms. The van der Waals surface area contributed by atoms with Gasteiger partial charge in [0.25, 0.3) is 5.91 Å².